The van der Waals surface area contributed by atoms with E-state index in [0.717, 1.165) is 12.1 Å². The van der Waals surface area contributed by atoms with Gasteiger partial charge in [0, 0.05) is 18.3 Å². The maximum absolute atomic E-state index is 13.2. The van der Waals surface area contributed by atoms with Gasteiger partial charge < -0.3 is 0 Å². The summed E-state index contributed by atoms with van der Waals surface area (Å²) in [5.74, 6) is 0.320. The molecule has 0 saturated carbocycles. The number of rotatable bonds is 3. The standard InChI is InChI=1S/C13H10F2N2O/c1-2-16-9-17-7-3-4-13(18)11-6-5-10(14)8-12(11)15/h2,5-6,8-9H,4H2,1H3. The van der Waals surface area contributed by atoms with Crippen LogP contribution in [0, 0.1) is 23.6 Å². The lowest BCUT2D eigenvalue weighted by atomic mass is 10.1. The summed E-state index contributed by atoms with van der Waals surface area (Å²) in [6.45, 7) is 1.72. The second kappa shape index (κ2) is 7.07. The summed E-state index contributed by atoms with van der Waals surface area (Å²) in [4.78, 5) is 18.8. The molecule has 0 N–H and O–H groups in total. The first-order valence-corrected chi connectivity index (χ1v) is 5.10. The minimum atomic E-state index is -0.888. The van der Waals surface area contributed by atoms with Gasteiger partial charge in [0.05, 0.1) is 12.0 Å². The van der Waals surface area contributed by atoms with Crippen LogP contribution in [0.2, 0.25) is 0 Å². The van der Waals surface area contributed by atoms with Crippen molar-refractivity contribution in [3.8, 4) is 12.0 Å². The minimum absolute atomic E-state index is 0.179. The zero-order valence-electron chi connectivity index (χ0n) is 9.65. The summed E-state index contributed by atoms with van der Waals surface area (Å²) in [6, 6.07) is 5.12. The van der Waals surface area contributed by atoms with E-state index in [1.165, 1.54) is 12.6 Å². The monoisotopic (exact) mass is 248 g/mol. The van der Waals surface area contributed by atoms with Crippen molar-refractivity contribution in [3.05, 3.63) is 35.4 Å². The summed E-state index contributed by atoms with van der Waals surface area (Å²) in [6.07, 6.45) is 2.58. The third-order valence-corrected chi connectivity index (χ3v) is 1.90. The maximum Gasteiger partial charge on any atom is 0.177 e. The van der Waals surface area contributed by atoms with Gasteiger partial charge >= 0.3 is 0 Å². The van der Waals surface area contributed by atoms with Gasteiger partial charge in [-0.2, -0.15) is 4.99 Å². The predicted molar refractivity (Wildman–Crippen MR) is 65.7 cm³/mol. The Bertz CT molecular complexity index is 554. The molecule has 0 fully saturated rings. The van der Waals surface area contributed by atoms with Gasteiger partial charge in [-0.05, 0) is 19.1 Å². The molecule has 0 amide bonds. The van der Waals surface area contributed by atoms with E-state index in [2.05, 4.69) is 21.9 Å². The molecule has 5 heteroatoms. The van der Waals surface area contributed by atoms with Crippen molar-refractivity contribution in [3.63, 3.8) is 0 Å². The highest BCUT2D eigenvalue weighted by Gasteiger charge is 2.10. The minimum Gasteiger partial charge on any atom is -0.293 e. The Labute approximate surface area is 103 Å². The Hall–Kier alpha value is -2.35. The number of Topliss-reactive ketones (excluding diaryl/α,β-unsaturated/α-hetero) is 1. The first-order chi connectivity index (χ1) is 8.65. The van der Waals surface area contributed by atoms with E-state index in [4.69, 9.17) is 0 Å². The van der Waals surface area contributed by atoms with Crippen LogP contribution in [-0.4, -0.2) is 18.3 Å². The molecule has 3 nitrogen and oxygen atoms in total. The fourth-order valence-electron chi connectivity index (χ4n) is 1.11. The summed E-state index contributed by atoms with van der Waals surface area (Å²) >= 11 is 0. The van der Waals surface area contributed by atoms with Crippen molar-refractivity contribution < 1.29 is 13.6 Å². The predicted octanol–water partition coefficient (Wildman–Crippen LogP) is 2.62. The third kappa shape index (κ3) is 4.26. The van der Waals surface area contributed by atoms with Crippen molar-refractivity contribution in [2.24, 2.45) is 9.98 Å². The van der Waals surface area contributed by atoms with Crippen molar-refractivity contribution in [1.82, 2.24) is 0 Å². The molecule has 0 saturated heterocycles. The van der Waals surface area contributed by atoms with Crippen LogP contribution in [0.15, 0.2) is 28.2 Å². The molecular formula is C13H10F2N2O. The SMILES string of the molecule is CC=NC=NC#CCC(=O)c1ccc(F)cc1F. The summed E-state index contributed by atoms with van der Waals surface area (Å²) in [5.41, 5.74) is -0.179. The number of halogens is 2. The highest BCUT2D eigenvalue weighted by atomic mass is 19.1. The van der Waals surface area contributed by atoms with Crippen LogP contribution in [0.25, 0.3) is 0 Å². The number of nitrogens with zero attached hydrogens (tertiary/aromatic N) is 2. The molecule has 0 aliphatic heterocycles. The molecule has 0 unspecified atom stereocenters. The molecule has 0 spiro atoms. The van der Waals surface area contributed by atoms with Gasteiger partial charge in [-0.3, -0.25) is 4.79 Å². The Morgan fingerprint density at radius 3 is 2.89 bits per heavy atom. The molecule has 0 aliphatic rings. The van der Waals surface area contributed by atoms with Crippen molar-refractivity contribution in [2.75, 3.05) is 0 Å². The molecule has 0 heterocycles. The number of hydrogen-bond donors (Lipinski definition) is 0. The maximum atomic E-state index is 13.2. The fourth-order valence-corrected chi connectivity index (χ4v) is 1.11. The van der Waals surface area contributed by atoms with Crippen LogP contribution < -0.4 is 0 Å². The molecule has 0 aromatic heterocycles. The van der Waals surface area contributed by atoms with E-state index in [1.807, 2.05) is 0 Å². The molecule has 92 valence electrons. The number of benzene rings is 1. The topological polar surface area (TPSA) is 41.8 Å². The van der Waals surface area contributed by atoms with Crippen LogP contribution in [0.5, 0.6) is 0 Å². The first kappa shape index (κ1) is 13.7. The van der Waals surface area contributed by atoms with Crippen LogP contribution in [-0.2, 0) is 0 Å². The van der Waals surface area contributed by atoms with Gasteiger partial charge in [0.1, 0.15) is 18.0 Å². The second-order valence-corrected chi connectivity index (χ2v) is 3.16. The van der Waals surface area contributed by atoms with E-state index in [-0.39, 0.29) is 12.0 Å². The molecule has 0 radical (unpaired) electrons. The molecule has 1 aromatic carbocycles. The first-order valence-electron chi connectivity index (χ1n) is 5.10. The zero-order chi connectivity index (χ0) is 13.4. The number of carbonyl (C=O) groups excluding carboxylic acids is 1. The largest absolute Gasteiger partial charge is 0.293 e. The van der Waals surface area contributed by atoms with E-state index < -0.39 is 17.4 Å². The molecular weight excluding hydrogens is 238 g/mol. The zero-order valence-corrected chi connectivity index (χ0v) is 9.65. The van der Waals surface area contributed by atoms with E-state index in [9.17, 15) is 13.6 Å². The van der Waals surface area contributed by atoms with Crippen LogP contribution >= 0.6 is 0 Å². The van der Waals surface area contributed by atoms with Gasteiger partial charge in [0.15, 0.2) is 5.78 Å². The highest BCUT2D eigenvalue weighted by molar-refractivity contribution is 5.97. The smallest absolute Gasteiger partial charge is 0.177 e. The summed E-state index contributed by atoms with van der Waals surface area (Å²) in [7, 11) is 0. The molecule has 0 aliphatic carbocycles. The van der Waals surface area contributed by atoms with Crippen molar-refractivity contribution in [1.29, 1.82) is 0 Å². The van der Waals surface area contributed by atoms with Crippen LogP contribution in [0.1, 0.15) is 23.7 Å². The Morgan fingerprint density at radius 1 is 1.44 bits per heavy atom. The Morgan fingerprint density at radius 2 is 2.22 bits per heavy atom. The van der Waals surface area contributed by atoms with Crippen molar-refractivity contribution in [2.45, 2.75) is 13.3 Å². The average Bonchev–Trinajstić information content (AvgIpc) is 2.33. The highest BCUT2D eigenvalue weighted by Crippen LogP contribution is 2.11. The quantitative estimate of drug-likeness (QED) is 0.351. The average molecular weight is 248 g/mol. The van der Waals surface area contributed by atoms with Crippen molar-refractivity contribution >= 4 is 18.3 Å². The Kier molecular flexibility index (Phi) is 5.39. The summed E-state index contributed by atoms with van der Waals surface area (Å²) < 4.78 is 25.8. The normalized spacial score (nSPS) is 10.6. The fraction of sp³-hybridized carbons (Fsp3) is 0.154. The second-order valence-electron chi connectivity index (χ2n) is 3.16. The van der Waals surface area contributed by atoms with Gasteiger partial charge in [0.25, 0.3) is 0 Å². The lowest BCUT2D eigenvalue weighted by Gasteiger charge is -1.98. The van der Waals surface area contributed by atoms with E-state index in [1.54, 1.807) is 6.92 Å². The van der Waals surface area contributed by atoms with Gasteiger partial charge in [-0.25, -0.2) is 13.8 Å². The van der Waals surface area contributed by atoms with Crippen LogP contribution in [0.3, 0.4) is 0 Å². The summed E-state index contributed by atoms with van der Waals surface area (Å²) in [5, 5.41) is 0. The van der Waals surface area contributed by atoms with Gasteiger partial charge in [-0.1, -0.05) is 5.92 Å². The lowest BCUT2D eigenvalue weighted by molar-refractivity contribution is 0.0994. The number of carbonyl (C=O) groups is 1. The van der Waals surface area contributed by atoms with Gasteiger partial charge in [-0.15, -0.1) is 0 Å². The number of ketones is 1. The molecule has 1 rings (SSSR count). The molecule has 18 heavy (non-hydrogen) atoms. The molecule has 0 bridgehead atoms. The van der Waals surface area contributed by atoms with Crippen LogP contribution in [0.4, 0.5) is 8.78 Å². The lowest BCUT2D eigenvalue weighted by Crippen LogP contribution is -2.01. The Balaban J connectivity index is 2.66. The third-order valence-electron chi connectivity index (χ3n) is 1.90. The number of aliphatic imine (C=N–C) groups is 2. The van der Waals surface area contributed by atoms with E-state index >= 15 is 0 Å². The van der Waals surface area contributed by atoms with Gasteiger partial charge in [0.2, 0.25) is 0 Å². The molecule has 1 aromatic rings. The molecule has 0 atom stereocenters. The number of hydrogen-bond acceptors (Lipinski definition) is 2. The van der Waals surface area contributed by atoms with E-state index in [0.29, 0.717) is 6.07 Å².